The van der Waals surface area contributed by atoms with Gasteiger partial charge in [-0.2, -0.15) is 4.98 Å². The number of hydrogen-bond donors (Lipinski definition) is 3. The quantitative estimate of drug-likeness (QED) is 0.607. The summed E-state index contributed by atoms with van der Waals surface area (Å²) in [5, 5.41) is 20.4. The Morgan fingerprint density at radius 1 is 1.76 bits per heavy atom. The minimum absolute atomic E-state index is 0.0414. The van der Waals surface area contributed by atoms with Gasteiger partial charge in [0, 0.05) is 13.3 Å². The molecule has 0 aromatic carbocycles. The highest BCUT2D eigenvalue weighted by Gasteiger charge is 2.64. The molecule has 9 heteroatoms. The van der Waals surface area contributed by atoms with Crippen LogP contribution in [0.3, 0.4) is 0 Å². The number of halogens is 1. The lowest BCUT2D eigenvalue weighted by Crippen LogP contribution is -2.50. The zero-order valence-electron chi connectivity index (χ0n) is 11.3. The van der Waals surface area contributed by atoms with Gasteiger partial charge in [-0.3, -0.25) is 4.57 Å². The number of aliphatic hydroxyl groups is 2. The zero-order chi connectivity index (χ0) is 15.8. The van der Waals surface area contributed by atoms with Gasteiger partial charge in [0.15, 0.2) is 17.9 Å². The lowest BCUT2D eigenvalue weighted by molar-refractivity contribution is -0.211. The van der Waals surface area contributed by atoms with Crippen LogP contribution in [0.15, 0.2) is 29.7 Å². The van der Waals surface area contributed by atoms with Crippen molar-refractivity contribution >= 4 is 5.82 Å². The topological polar surface area (TPSA) is 120 Å². The van der Waals surface area contributed by atoms with Crippen molar-refractivity contribution in [3.63, 3.8) is 0 Å². The molecule has 4 atom stereocenters. The van der Waals surface area contributed by atoms with Gasteiger partial charge in [-0.05, 0) is 6.07 Å². The van der Waals surface area contributed by atoms with Gasteiger partial charge in [0.05, 0.1) is 0 Å². The van der Waals surface area contributed by atoms with Crippen LogP contribution in [0.2, 0.25) is 0 Å². The minimum Gasteiger partial charge on any atom is -0.383 e. The van der Waals surface area contributed by atoms with E-state index in [4.69, 9.17) is 10.5 Å². The van der Waals surface area contributed by atoms with Gasteiger partial charge in [-0.25, -0.2) is 9.18 Å². The highest BCUT2D eigenvalue weighted by molar-refractivity contribution is 5.24. The third-order valence-electron chi connectivity index (χ3n) is 3.32. The van der Waals surface area contributed by atoms with Gasteiger partial charge in [-0.15, -0.1) is 0 Å². The molecule has 0 aliphatic carbocycles. The van der Waals surface area contributed by atoms with Gasteiger partial charge < -0.3 is 25.4 Å². The summed E-state index contributed by atoms with van der Waals surface area (Å²) in [7, 11) is 1.20. The highest BCUT2D eigenvalue weighted by atomic mass is 19.2. The Bertz CT molecular complexity index is 609. The first-order valence-electron chi connectivity index (χ1n) is 6.03. The molecule has 4 N–H and O–H groups in total. The van der Waals surface area contributed by atoms with Crippen LogP contribution in [0.4, 0.5) is 10.2 Å². The van der Waals surface area contributed by atoms with Crippen LogP contribution in [0.5, 0.6) is 0 Å². The highest BCUT2D eigenvalue weighted by Crippen LogP contribution is 2.45. The molecule has 4 unspecified atom stereocenters. The number of anilines is 1. The predicted molar refractivity (Wildman–Crippen MR) is 69.9 cm³/mol. The molecule has 0 radical (unpaired) electrons. The van der Waals surface area contributed by atoms with Crippen LogP contribution in [0, 0.1) is 0 Å². The molecule has 0 spiro atoms. The molecular weight excluding hydrogens is 285 g/mol. The Hall–Kier alpha value is -1.81. The summed E-state index contributed by atoms with van der Waals surface area (Å²) in [6.45, 7) is 2.71. The molecule has 0 bridgehead atoms. The third-order valence-corrected chi connectivity index (χ3v) is 3.32. The summed E-state index contributed by atoms with van der Waals surface area (Å²) in [6.07, 6.45) is -1.49. The molecule has 1 saturated heterocycles. The van der Waals surface area contributed by atoms with E-state index < -0.39 is 36.1 Å². The van der Waals surface area contributed by atoms with Gasteiger partial charge in [0.1, 0.15) is 12.4 Å². The molecule has 8 nitrogen and oxygen atoms in total. The number of nitrogens with two attached hydrogens (primary N) is 1. The van der Waals surface area contributed by atoms with Crippen molar-refractivity contribution in [2.24, 2.45) is 0 Å². The average molecular weight is 301 g/mol. The maximum atomic E-state index is 14.6. The molecule has 1 fully saturated rings. The number of rotatable bonds is 4. The van der Waals surface area contributed by atoms with Crippen LogP contribution in [0.1, 0.15) is 6.23 Å². The van der Waals surface area contributed by atoms with E-state index in [0.717, 1.165) is 10.6 Å². The van der Waals surface area contributed by atoms with E-state index >= 15 is 0 Å². The molecule has 0 amide bonds. The van der Waals surface area contributed by atoms with E-state index in [1.165, 1.54) is 19.4 Å². The van der Waals surface area contributed by atoms with Crippen LogP contribution < -0.4 is 11.4 Å². The van der Waals surface area contributed by atoms with E-state index in [1.54, 1.807) is 0 Å². The van der Waals surface area contributed by atoms with Crippen molar-refractivity contribution in [2.45, 2.75) is 23.8 Å². The maximum absolute atomic E-state index is 14.6. The Labute approximate surface area is 119 Å². The number of ether oxygens (including phenoxy) is 2. The molecule has 116 valence electrons. The van der Waals surface area contributed by atoms with Crippen LogP contribution in [-0.4, -0.2) is 51.0 Å². The smallest absolute Gasteiger partial charge is 0.351 e. The van der Waals surface area contributed by atoms with Crippen LogP contribution in [-0.2, 0) is 9.47 Å². The monoisotopic (exact) mass is 301 g/mol. The summed E-state index contributed by atoms with van der Waals surface area (Å²) in [4.78, 5) is 15.3. The van der Waals surface area contributed by atoms with Gasteiger partial charge in [0.25, 0.3) is 5.85 Å². The molecule has 0 saturated carbocycles. The number of hydrogen-bond acceptors (Lipinski definition) is 7. The number of aliphatic hydroxyl groups excluding tert-OH is 1. The molecular formula is C12H16FN3O5. The lowest BCUT2D eigenvalue weighted by atomic mass is 9.93. The number of methoxy groups -OCH3 is 1. The maximum Gasteiger partial charge on any atom is 0.351 e. The second kappa shape index (κ2) is 5.19. The van der Waals surface area contributed by atoms with Crippen LogP contribution in [0.25, 0.3) is 0 Å². The Kier molecular flexibility index (Phi) is 3.85. The fraction of sp³-hybridized carbons (Fsp3) is 0.500. The van der Waals surface area contributed by atoms with Crippen molar-refractivity contribution in [2.75, 3.05) is 19.5 Å². The van der Waals surface area contributed by atoms with E-state index in [1.807, 2.05) is 0 Å². The molecule has 2 rings (SSSR count). The van der Waals surface area contributed by atoms with Crippen LogP contribution >= 0.6 is 0 Å². The van der Waals surface area contributed by atoms with Gasteiger partial charge >= 0.3 is 5.69 Å². The Morgan fingerprint density at radius 3 is 2.95 bits per heavy atom. The zero-order valence-corrected chi connectivity index (χ0v) is 11.3. The molecule has 2 heterocycles. The molecule has 1 aliphatic rings. The second-order valence-electron chi connectivity index (χ2n) is 4.73. The molecule has 1 aromatic rings. The first-order valence-corrected chi connectivity index (χ1v) is 6.03. The largest absolute Gasteiger partial charge is 0.383 e. The Morgan fingerprint density at radius 2 is 2.43 bits per heavy atom. The van der Waals surface area contributed by atoms with Crippen molar-refractivity contribution in [1.29, 1.82) is 0 Å². The molecule has 21 heavy (non-hydrogen) atoms. The van der Waals surface area contributed by atoms with Crippen molar-refractivity contribution in [3.05, 3.63) is 35.4 Å². The van der Waals surface area contributed by atoms with E-state index in [2.05, 4.69) is 16.3 Å². The van der Waals surface area contributed by atoms with E-state index in [-0.39, 0.29) is 5.82 Å². The predicted octanol–water partition coefficient (Wildman–Crippen LogP) is -1.06. The number of nitrogen functional groups attached to an aromatic ring is 1. The molecule has 1 aromatic heterocycles. The van der Waals surface area contributed by atoms with E-state index in [0.29, 0.717) is 0 Å². The standard InChI is InChI=1S/C12H16FN3O5/c1-3-11(19)8(17)12(13,6-20-2)21-9(11)16-5-4-7(14)15-10(16)18/h3-5,8-9,17,19H,1,6H2,2H3,(H2,14,15,18). The number of aromatic nitrogens is 2. The van der Waals surface area contributed by atoms with Crippen molar-refractivity contribution < 1.29 is 24.1 Å². The SMILES string of the molecule is C=CC1(O)C(n2ccc(N)nc2=O)OC(F)(COC)C1O. The van der Waals surface area contributed by atoms with Gasteiger partial charge in [0.2, 0.25) is 0 Å². The average Bonchev–Trinajstić information content (AvgIpc) is 2.62. The number of nitrogens with zero attached hydrogens (tertiary/aromatic N) is 2. The Balaban J connectivity index is 2.52. The lowest BCUT2D eigenvalue weighted by Gasteiger charge is -2.28. The normalized spacial score (nSPS) is 35.8. The number of alkyl halides is 1. The molecule has 1 aliphatic heterocycles. The second-order valence-corrected chi connectivity index (χ2v) is 4.73. The van der Waals surface area contributed by atoms with E-state index in [9.17, 15) is 19.4 Å². The third kappa shape index (κ3) is 2.33. The summed E-state index contributed by atoms with van der Waals surface area (Å²) in [5.41, 5.74) is 2.26. The van der Waals surface area contributed by atoms with Gasteiger partial charge in [-0.1, -0.05) is 12.7 Å². The summed E-state index contributed by atoms with van der Waals surface area (Å²) in [6, 6.07) is 1.27. The first kappa shape index (κ1) is 15.6. The summed E-state index contributed by atoms with van der Waals surface area (Å²) >= 11 is 0. The fourth-order valence-corrected chi connectivity index (χ4v) is 2.23. The fourth-order valence-electron chi connectivity index (χ4n) is 2.23. The first-order chi connectivity index (χ1) is 9.78. The minimum atomic E-state index is -2.71. The van der Waals surface area contributed by atoms with Crippen molar-refractivity contribution in [3.8, 4) is 0 Å². The van der Waals surface area contributed by atoms with Crippen molar-refractivity contribution in [1.82, 2.24) is 9.55 Å². The summed E-state index contributed by atoms with van der Waals surface area (Å²) in [5.74, 6) is -2.75. The summed E-state index contributed by atoms with van der Waals surface area (Å²) < 4.78 is 25.1.